The van der Waals surface area contributed by atoms with E-state index in [2.05, 4.69) is 34.7 Å². The molecule has 118 valence electrons. The molecule has 5 rings (SSSR count). The van der Waals surface area contributed by atoms with Crippen LogP contribution in [-0.2, 0) is 4.79 Å². The molecule has 4 bridgehead atoms. The van der Waals surface area contributed by atoms with Crippen LogP contribution in [0.3, 0.4) is 0 Å². The van der Waals surface area contributed by atoms with E-state index in [4.69, 9.17) is 0 Å². The molecule has 5 aliphatic rings. The lowest BCUT2D eigenvalue weighted by atomic mass is 9.40. The highest BCUT2D eigenvalue weighted by Crippen LogP contribution is 2.69. The first-order chi connectivity index (χ1) is 9.82. The van der Waals surface area contributed by atoms with Crippen LogP contribution in [0.5, 0.6) is 0 Å². The summed E-state index contributed by atoms with van der Waals surface area (Å²) in [5, 5.41) is 0. The van der Waals surface area contributed by atoms with Gasteiger partial charge in [-0.3, -0.25) is 4.79 Å². The highest BCUT2D eigenvalue weighted by atomic mass is 79.9. The van der Waals surface area contributed by atoms with E-state index in [0.717, 1.165) is 31.8 Å². The summed E-state index contributed by atoms with van der Waals surface area (Å²) in [7, 11) is 0. The molecule has 2 nitrogen and oxygen atoms in total. The molecule has 5 fully saturated rings. The first kappa shape index (κ1) is 14.5. The molecule has 2 unspecified atom stereocenters. The second kappa shape index (κ2) is 4.49. The van der Waals surface area contributed by atoms with Crippen molar-refractivity contribution >= 4 is 21.8 Å². The molecule has 1 heterocycles. The Bertz CT molecular complexity index is 450. The lowest BCUT2D eigenvalue weighted by Crippen LogP contribution is -2.61. The molecule has 1 saturated heterocycles. The van der Waals surface area contributed by atoms with E-state index >= 15 is 0 Å². The standard InChI is InChI=1S/C18H28BrNO/c1-16-7-13-8-17(2,10-16)12-18(9-13,11-16)15(21)20-5-3-14(19)4-6-20/h13-14H,3-12H2,1-2H3. The zero-order valence-electron chi connectivity index (χ0n) is 13.5. The van der Waals surface area contributed by atoms with Gasteiger partial charge in [-0.05, 0) is 68.1 Å². The van der Waals surface area contributed by atoms with Crippen molar-refractivity contribution in [3.05, 3.63) is 0 Å². The quantitative estimate of drug-likeness (QED) is 0.641. The van der Waals surface area contributed by atoms with Crippen molar-refractivity contribution < 1.29 is 4.79 Å². The summed E-state index contributed by atoms with van der Waals surface area (Å²) in [5.41, 5.74) is 0.886. The molecule has 0 aromatic rings. The molecule has 21 heavy (non-hydrogen) atoms. The van der Waals surface area contributed by atoms with E-state index in [1.54, 1.807) is 0 Å². The number of hydrogen-bond acceptors (Lipinski definition) is 1. The van der Waals surface area contributed by atoms with Crippen LogP contribution >= 0.6 is 15.9 Å². The topological polar surface area (TPSA) is 20.3 Å². The predicted octanol–water partition coefficient (Wildman–Crippen LogP) is 4.37. The van der Waals surface area contributed by atoms with Crippen molar-refractivity contribution in [3.8, 4) is 0 Å². The number of amides is 1. The van der Waals surface area contributed by atoms with E-state index in [9.17, 15) is 4.79 Å². The molecule has 4 saturated carbocycles. The fraction of sp³-hybridized carbons (Fsp3) is 0.944. The number of piperidine rings is 1. The molecule has 0 aromatic heterocycles. The lowest BCUT2D eigenvalue weighted by molar-refractivity contribution is -0.180. The minimum atomic E-state index is 0.00205. The van der Waals surface area contributed by atoms with Gasteiger partial charge >= 0.3 is 0 Å². The first-order valence-electron chi connectivity index (χ1n) is 8.75. The average Bonchev–Trinajstić information content (AvgIpc) is 2.34. The molecule has 2 atom stereocenters. The van der Waals surface area contributed by atoms with E-state index < -0.39 is 0 Å². The van der Waals surface area contributed by atoms with E-state index in [0.29, 0.717) is 21.6 Å². The van der Waals surface area contributed by atoms with Gasteiger partial charge in [0.2, 0.25) is 5.91 Å². The van der Waals surface area contributed by atoms with Crippen molar-refractivity contribution in [3.63, 3.8) is 0 Å². The maximum Gasteiger partial charge on any atom is 0.228 e. The van der Waals surface area contributed by atoms with Crippen molar-refractivity contribution in [2.24, 2.45) is 22.2 Å². The summed E-state index contributed by atoms with van der Waals surface area (Å²) in [6, 6.07) is 0. The normalized spacial score (nSPS) is 49.7. The molecule has 0 radical (unpaired) electrons. The summed E-state index contributed by atoms with van der Waals surface area (Å²) in [6.07, 6.45) is 9.88. The largest absolute Gasteiger partial charge is 0.342 e. The number of hydrogen-bond donors (Lipinski definition) is 0. The second-order valence-corrected chi connectivity index (χ2v) is 10.7. The molecular weight excluding hydrogens is 326 g/mol. The van der Waals surface area contributed by atoms with Crippen LogP contribution in [0.2, 0.25) is 0 Å². The van der Waals surface area contributed by atoms with Gasteiger partial charge in [0.15, 0.2) is 0 Å². The summed E-state index contributed by atoms with van der Waals surface area (Å²) in [5.74, 6) is 1.33. The molecule has 3 heteroatoms. The van der Waals surface area contributed by atoms with Gasteiger partial charge in [0.05, 0.1) is 5.41 Å². The molecule has 0 spiro atoms. The number of halogens is 1. The van der Waals surface area contributed by atoms with E-state index in [1.807, 2.05) is 0 Å². The summed E-state index contributed by atoms with van der Waals surface area (Å²) in [6.45, 7) is 6.86. The Morgan fingerprint density at radius 3 is 2.10 bits per heavy atom. The average molecular weight is 354 g/mol. The van der Waals surface area contributed by atoms with Gasteiger partial charge in [0.1, 0.15) is 0 Å². The van der Waals surface area contributed by atoms with Crippen LogP contribution in [0, 0.1) is 22.2 Å². The Balaban J connectivity index is 1.60. The van der Waals surface area contributed by atoms with Crippen LogP contribution in [0.15, 0.2) is 0 Å². The summed E-state index contributed by atoms with van der Waals surface area (Å²) < 4.78 is 0. The third kappa shape index (κ3) is 2.29. The second-order valence-electron chi connectivity index (χ2n) is 9.38. The van der Waals surface area contributed by atoms with E-state index in [1.165, 1.54) is 38.5 Å². The zero-order valence-corrected chi connectivity index (χ0v) is 15.0. The molecule has 1 amide bonds. The van der Waals surface area contributed by atoms with Gasteiger partial charge < -0.3 is 4.90 Å². The third-order valence-electron chi connectivity index (χ3n) is 6.79. The van der Waals surface area contributed by atoms with E-state index in [-0.39, 0.29) is 5.41 Å². The van der Waals surface area contributed by atoms with Gasteiger partial charge in [-0.1, -0.05) is 29.8 Å². The van der Waals surface area contributed by atoms with Gasteiger partial charge in [-0.15, -0.1) is 0 Å². The monoisotopic (exact) mass is 353 g/mol. The fourth-order valence-electron chi connectivity index (χ4n) is 7.07. The predicted molar refractivity (Wildman–Crippen MR) is 88.4 cm³/mol. The Hall–Kier alpha value is -0.0500. The number of rotatable bonds is 1. The number of carbonyl (C=O) groups excluding carboxylic acids is 1. The Morgan fingerprint density at radius 2 is 1.57 bits per heavy atom. The molecule has 0 aromatic carbocycles. The molecule has 4 aliphatic carbocycles. The van der Waals surface area contributed by atoms with Crippen LogP contribution < -0.4 is 0 Å². The Morgan fingerprint density at radius 1 is 1.00 bits per heavy atom. The van der Waals surface area contributed by atoms with Crippen LogP contribution in [0.4, 0.5) is 0 Å². The molecule has 1 aliphatic heterocycles. The van der Waals surface area contributed by atoms with Crippen LogP contribution in [-0.4, -0.2) is 28.7 Å². The smallest absolute Gasteiger partial charge is 0.228 e. The van der Waals surface area contributed by atoms with Crippen molar-refractivity contribution in [2.45, 2.75) is 70.0 Å². The third-order valence-corrected chi connectivity index (χ3v) is 7.71. The number of nitrogens with zero attached hydrogens (tertiary/aromatic N) is 1. The van der Waals surface area contributed by atoms with Crippen molar-refractivity contribution in [2.75, 3.05) is 13.1 Å². The van der Waals surface area contributed by atoms with Crippen molar-refractivity contribution in [1.82, 2.24) is 4.90 Å². The summed E-state index contributed by atoms with van der Waals surface area (Å²) >= 11 is 3.71. The minimum absolute atomic E-state index is 0.00205. The van der Waals surface area contributed by atoms with Crippen molar-refractivity contribution in [1.29, 1.82) is 0 Å². The molecule has 0 N–H and O–H groups in total. The fourth-order valence-corrected chi connectivity index (χ4v) is 7.48. The Labute approximate surface area is 137 Å². The lowest BCUT2D eigenvalue weighted by Gasteiger charge is -2.65. The Kier molecular flexibility index (Phi) is 3.11. The van der Waals surface area contributed by atoms with Gasteiger partial charge in [0, 0.05) is 17.9 Å². The summed E-state index contributed by atoms with van der Waals surface area (Å²) in [4.78, 5) is 16.2. The number of alkyl halides is 1. The van der Waals surface area contributed by atoms with Gasteiger partial charge in [-0.25, -0.2) is 0 Å². The number of carbonyl (C=O) groups is 1. The minimum Gasteiger partial charge on any atom is -0.342 e. The SMILES string of the molecule is CC12CC3CC(C)(C1)CC(C(=O)N1CCC(Br)CC1)(C3)C2. The number of likely N-dealkylation sites (tertiary alicyclic amines) is 1. The maximum absolute atomic E-state index is 13.4. The van der Waals surface area contributed by atoms with Gasteiger partial charge in [-0.2, -0.15) is 0 Å². The maximum atomic E-state index is 13.4. The highest BCUT2D eigenvalue weighted by molar-refractivity contribution is 9.09. The van der Waals surface area contributed by atoms with Crippen LogP contribution in [0.1, 0.15) is 65.2 Å². The molecular formula is C18H28BrNO. The van der Waals surface area contributed by atoms with Gasteiger partial charge in [0.25, 0.3) is 0 Å². The van der Waals surface area contributed by atoms with Crippen LogP contribution in [0.25, 0.3) is 0 Å². The first-order valence-corrected chi connectivity index (χ1v) is 9.67. The highest BCUT2D eigenvalue weighted by Gasteiger charge is 2.63. The zero-order chi connectivity index (χ0) is 14.9.